The first-order valence-corrected chi connectivity index (χ1v) is 9.74. The topological polar surface area (TPSA) is 32.8 Å². The van der Waals surface area contributed by atoms with E-state index in [0.717, 1.165) is 17.9 Å². The maximum absolute atomic E-state index is 12.9. The van der Waals surface area contributed by atoms with Crippen LogP contribution in [0.5, 0.6) is 5.75 Å². The van der Waals surface area contributed by atoms with Crippen molar-refractivity contribution in [3.05, 3.63) is 64.7 Å². The number of carbonyl (C=O) groups is 1. The summed E-state index contributed by atoms with van der Waals surface area (Å²) in [6.45, 7) is 3.03. The van der Waals surface area contributed by atoms with Gasteiger partial charge in [0, 0.05) is 44.2 Å². The normalized spacial score (nSPS) is 16.0. The predicted octanol–water partition coefficient (Wildman–Crippen LogP) is 4.47. The summed E-state index contributed by atoms with van der Waals surface area (Å²) >= 11 is 5.85. The number of halogens is 4. The van der Waals surface area contributed by atoms with Crippen LogP contribution in [0.3, 0.4) is 0 Å². The molecule has 1 heterocycles. The third-order valence-corrected chi connectivity index (χ3v) is 5.05. The Balaban J connectivity index is 1.51. The molecule has 1 amide bonds. The van der Waals surface area contributed by atoms with Gasteiger partial charge in [-0.2, -0.15) is 13.2 Å². The first-order chi connectivity index (χ1) is 13.8. The van der Waals surface area contributed by atoms with E-state index < -0.39 is 11.7 Å². The Morgan fingerprint density at radius 1 is 1.03 bits per heavy atom. The molecule has 0 radical (unpaired) electrons. The minimum absolute atomic E-state index is 0.0523. The summed E-state index contributed by atoms with van der Waals surface area (Å²) in [5.74, 6) is 0.676. The molecule has 1 aliphatic heterocycles. The average Bonchev–Trinajstić information content (AvgIpc) is 2.85. The summed E-state index contributed by atoms with van der Waals surface area (Å²) in [6, 6.07) is 12.2. The molecule has 1 aliphatic rings. The monoisotopic (exact) mass is 426 g/mol. The molecule has 0 bridgehead atoms. The highest BCUT2D eigenvalue weighted by Crippen LogP contribution is 2.29. The van der Waals surface area contributed by atoms with Crippen molar-refractivity contribution in [2.45, 2.75) is 19.1 Å². The summed E-state index contributed by atoms with van der Waals surface area (Å²) in [6.07, 6.45) is -4.06. The molecule has 4 nitrogen and oxygen atoms in total. The maximum atomic E-state index is 12.9. The van der Waals surface area contributed by atoms with Crippen LogP contribution in [0, 0.1) is 0 Å². The van der Waals surface area contributed by atoms with Gasteiger partial charge in [-0.05, 0) is 42.0 Å². The van der Waals surface area contributed by atoms with Crippen LogP contribution in [0.25, 0.3) is 0 Å². The summed E-state index contributed by atoms with van der Waals surface area (Å²) in [7, 11) is 0. The number of hydrogen-bond donors (Lipinski definition) is 0. The Hall–Kier alpha value is -2.25. The second-order valence-electron chi connectivity index (χ2n) is 6.91. The van der Waals surface area contributed by atoms with E-state index in [1.807, 2.05) is 0 Å². The van der Waals surface area contributed by atoms with Crippen molar-refractivity contribution >= 4 is 17.5 Å². The fourth-order valence-corrected chi connectivity index (χ4v) is 3.32. The lowest BCUT2D eigenvalue weighted by Crippen LogP contribution is -2.34. The smallest absolute Gasteiger partial charge is 0.416 e. The van der Waals surface area contributed by atoms with Crippen molar-refractivity contribution in [2.75, 3.05) is 32.8 Å². The second-order valence-corrected chi connectivity index (χ2v) is 7.34. The number of ether oxygens (including phenoxy) is 1. The summed E-state index contributed by atoms with van der Waals surface area (Å²) < 4.78 is 44.4. The molecule has 0 spiro atoms. The standard InChI is InChI=1S/C21H22ClF3N2O2/c22-18-4-6-19(7-5-18)29-13-12-26-9-8-20(28)27(11-10-26)15-16-2-1-3-17(14-16)21(23,24)25/h1-7,14H,8-13,15H2. The molecular weight excluding hydrogens is 405 g/mol. The van der Waals surface area contributed by atoms with E-state index in [4.69, 9.17) is 16.3 Å². The van der Waals surface area contributed by atoms with Gasteiger partial charge in [-0.1, -0.05) is 23.7 Å². The van der Waals surface area contributed by atoms with Crippen LogP contribution < -0.4 is 4.74 Å². The molecule has 2 aromatic carbocycles. The molecule has 2 aromatic rings. The van der Waals surface area contributed by atoms with Gasteiger partial charge in [0.25, 0.3) is 0 Å². The van der Waals surface area contributed by atoms with Crippen LogP contribution in [0.2, 0.25) is 5.02 Å². The lowest BCUT2D eigenvalue weighted by molar-refractivity contribution is -0.137. The second kappa shape index (κ2) is 9.50. The Bertz CT molecular complexity index is 827. The van der Waals surface area contributed by atoms with E-state index in [2.05, 4.69) is 4.90 Å². The van der Waals surface area contributed by atoms with E-state index in [1.54, 1.807) is 35.2 Å². The van der Waals surface area contributed by atoms with Crippen LogP contribution in [-0.2, 0) is 17.5 Å². The van der Waals surface area contributed by atoms with E-state index >= 15 is 0 Å². The van der Waals surface area contributed by atoms with Crippen molar-refractivity contribution in [3.63, 3.8) is 0 Å². The maximum Gasteiger partial charge on any atom is 0.416 e. The predicted molar refractivity (Wildman–Crippen MR) is 105 cm³/mol. The van der Waals surface area contributed by atoms with Crippen LogP contribution in [0.4, 0.5) is 13.2 Å². The largest absolute Gasteiger partial charge is 0.492 e. The Morgan fingerprint density at radius 3 is 2.52 bits per heavy atom. The first-order valence-electron chi connectivity index (χ1n) is 9.36. The van der Waals surface area contributed by atoms with Crippen molar-refractivity contribution < 1.29 is 22.7 Å². The molecule has 0 N–H and O–H groups in total. The van der Waals surface area contributed by atoms with Gasteiger partial charge in [-0.3, -0.25) is 9.69 Å². The number of hydrogen-bond acceptors (Lipinski definition) is 3. The van der Waals surface area contributed by atoms with Gasteiger partial charge >= 0.3 is 6.18 Å². The van der Waals surface area contributed by atoms with Gasteiger partial charge in [0.2, 0.25) is 5.91 Å². The highest BCUT2D eigenvalue weighted by atomic mass is 35.5. The zero-order chi connectivity index (χ0) is 20.9. The molecule has 0 saturated carbocycles. The fraction of sp³-hybridized carbons (Fsp3) is 0.381. The van der Waals surface area contributed by atoms with Crippen LogP contribution >= 0.6 is 11.6 Å². The molecule has 8 heteroatoms. The van der Waals surface area contributed by atoms with Crippen LogP contribution in [-0.4, -0.2) is 48.5 Å². The molecule has 0 aromatic heterocycles. The van der Waals surface area contributed by atoms with E-state index in [0.29, 0.717) is 49.8 Å². The van der Waals surface area contributed by atoms with Crippen molar-refractivity contribution in [3.8, 4) is 5.75 Å². The summed E-state index contributed by atoms with van der Waals surface area (Å²) in [5, 5.41) is 0.643. The number of alkyl halides is 3. The summed E-state index contributed by atoms with van der Waals surface area (Å²) in [4.78, 5) is 16.2. The molecule has 1 saturated heterocycles. The molecule has 1 fully saturated rings. The highest BCUT2D eigenvalue weighted by Gasteiger charge is 2.30. The number of carbonyl (C=O) groups excluding carboxylic acids is 1. The van der Waals surface area contributed by atoms with E-state index in [9.17, 15) is 18.0 Å². The minimum atomic E-state index is -4.39. The third kappa shape index (κ3) is 6.37. The molecular formula is C21H22ClF3N2O2. The third-order valence-electron chi connectivity index (χ3n) is 4.80. The Labute approximate surface area is 172 Å². The van der Waals surface area contributed by atoms with Crippen molar-refractivity contribution in [2.24, 2.45) is 0 Å². The number of benzene rings is 2. The van der Waals surface area contributed by atoms with Gasteiger partial charge in [-0.15, -0.1) is 0 Å². The number of rotatable bonds is 6. The van der Waals surface area contributed by atoms with Crippen LogP contribution in [0.15, 0.2) is 48.5 Å². The number of amides is 1. The van der Waals surface area contributed by atoms with E-state index in [-0.39, 0.29) is 12.5 Å². The Morgan fingerprint density at radius 2 is 1.79 bits per heavy atom. The molecule has 0 aliphatic carbocycles. The highest BCUT2D eigenvalue weighted by molar-refractivity contribution is 6.30. The quantitative estimate of drug-likeness (QED) is 0.683. The average molecular weight is 427 g/mol. The molecule has 29 heavy (non-hydrogen) atoms. The molecule has 0 unspecified atom stereocenters. The SMILES string of the molecule is O=C1CCN(CCOc2ccc(Cl)cc2)CCN1Cc1cccc(C(F)(F)F)c1. The lowest BCUT2D eigenvalue weighted by Gasteiger charge is -2.22. The first kappa shape index (κ1) is 21.5. The van der Waals surface area contributed by atoms with Crippen LogP contribution in [0.1, 0.15) is 17.5 Å². The zero-order valence-corrected chi connectivity index (χ0v) is 16.5. The van der Waals surface area contributed by atoms with Crippen molar-refractivity contribution in [1.29, 1.82) is 0 Å². The van der Waals surface area contributed by atoms with Gasteiger partial charge in [0.05, 0.1) is 5.56 Å². The lowest BCUT2D eigenvalue weighted by atomic mass is 10.1. The van der Waals surface area contributed by atoms with E-state index in [1.165, 1.54) is 6.07 Å². The van der Waals surface area contributed by atoms with Gasteiger partial charge < -0.3 is 9.64 Å². The van der Waals surface area contributed by atoms with Gasteiger partial charge in [0.1, 0.15) is 12.4 Å². The van der Waals surface area contributed by atoms with Gasteiger partial charge in [0.15, 0.2) is 0 Å². The molecule has 156 valence electrons. The number of nitrogens with zero attached hydrogens (tertiary/aromatic N) is 2. The van der Waals surface area contributed by atoms with Crippen molar-refractivity contribution in [1.82, 2.24) is 9.80 Å². The zero-order valence-electron chi connectivity index (χ0n) is 15.8. The minimum Gasteiger partial charge on any atom is -0.492 e. The molecule has 0 atom stereocenters. The Kier molecular flexibility index (Phi) is 7.03. The van der Waals surface area contributed by atoms with Gasteiger partial charge in [-0.25, -0.2) is 0 Å². The molecule has 3 rings (SSSR count). The summed E-state index contributed by atoms with van der Waals surface area (Å²) in [5.41, 5.74) is -0.217. The fourth-order valence-electron chi connectivity index (χ4n) is 3.19.